The minimum absolute atomic E-state index is 0.160. The van der Waals surface area contributed by atoms with Gasteiger partial charge in [-0.3, -0.25) is 4.79 Å². The highest BCUT2D eigenvalue weighted by atomic mass is 16.1. The van der Waals surface area contributed by atoms with E-state index in [1.807, 2.05) is 18.2 Å². The number of aromatic amines is 1. The lowest BCUT2D eigenvalue weighted by Gasteiger charge is -2.30. The minimum Gasteiger partial charge on any atom is -0.370 e. The predicted molar refractivity (Wildman–Crippen MR) is 79.0 cm³/mol. The van der Waals surface area contributed by atoms with Crippen molar-refractivity contribution in [1.82, 2.24) is 9.97 Å². The van der Waals surface area contributed by atoms with E-state index in [9.17, 15) is 4.79 Å². The largest absolute Gasteiger partial charge is 0.370 e. The molecule has 1 aliphatic rings. The van der Waals surface area contributed by atoms with Crippen molar-refractivity contribution in [2.45, 2.75) is 19.3 Å². The summed E-state index contributed by atoms with van der Waals surface area (Å²) in [4.78, 5) is 21.1. The summed E-state index contributed by atoms with van der Waals surface area (Å²) < 4.78 is 0. The van der Waals surface area contributed by atoms with E-state index >= 15 is 0 Å². The Kier molecular flexibility index (Phi) is 3.67. The Morgan fingerprint density at radius 2 is 2.00 bits per heavy atom. The second-order valence-electron chi connectivity index (χ2n) is 4.98. The van der Waals surface area contributed by atoms with Gasteiger partial charge in [-0.15, -0.1) is 0 Å². The SMILES string of the molecule is O=C(Nc1ccccc1N1CCCCC1)c1cnc[nH]1. The molecule has 2 N–H and O–H groups in total. The van der Waals surface area contributed by atoms with Crippen LogP contribution in [0.4, 0.5) is 11.4 Å². The molecule has 0 spiro atoms. The molecule has 104 valence electrons. The minimum atomic E-state index is -0.160. The maximum atomic E-state index is 12.1. The van der Waals surface area contributed by atoms with Crippen LogP contribution in [0.2, 0.25) is 0 Å². The lowest BCUT2D eigenvalue weighted by atomic mass is 10.1. The highest BCUT2D eigenvalue weighted by Crippen LogP contribution is 2.28. The van der Waals surface area contributed by atoms with Gasteiger partial charge in [0.1, 0.15) is 5.69 Å². The third-order valence-corrected chi connectivity index (χ3v) is 3.59. The fourth-order valence-electron chi connectivity index (χ4n) is 2.56. The van der Waals surface area contributed by atoms with Crippen molar-refractivity contribution in [2.75, 3.05) is 23.3 Å². The summed E-state index contributed by atoms with van der Waals surface area (Å²) in [7, 11) is 0. The lowest BCUT2D eigenvalue weighted by Crippen LogP contribution is -2.30. The number of nitrogens with zero attached hydrogens (tertiary/aromatic N) is 2. The molecule has 1 amide bonds. The molecule has 0 aliphatic carbocycles. The zero-order valence-electron chi connectivity index (χ0n) is 11.3. The van der Waals surface area contributed by atoms with Crippen molar-refractivity contribution < 1.29 is 4.79 Å². The van der Waals surface area contributed by atoms with Crippen molar-refractivity contribution in [3.8, 4) is 0 Å². The van der Waals surface area contributed by atoms with Gasteiger partial charge >= 0.3 is 0 Å². The quantitative estimate of drug-likeness (QED) is 0.901. The van der Waals surface area contributed by atoms with Crippen LogP contribution in [0.25, 0.3) is 0 Å². The number of para-hydroxylation sites is 2. The smallest absolute Gasteiger partial charge is 0.273 e. The van der Waals surface area contributed by atoms with Gasteiger partial charge in [0.05, 0.1) is 23.9 Å². The molecule has 2 aromatic rings. The average Bonchev–Trinajstić information content (AvgIpc) is 3.03. The first kappa shape index (κ1) is 12.7. The van der Waals surface area contributed by atoms with Crippen LogP contribution in [-0.4, -0.2) is 29.0 Å². The number of aromatic nitrogens is 2. The number of H-pyrrole nitrogens is 1. The van der Waals surface area contributed by atoms with Crippen molar-refractivity contribution in [2.24, 2.45) is 0 Å². The topological polar surface area (TPSA) is 61.0 Å². The molecule has 2 heterocycles. The number of carbonyl (C=O) groups is 1. The number of anilines is 2. The first-order valence-electron chi connectivity index (χ1n) is 6.98. The maximum Gasteiger partial charge on any atom is 0.273 e. The summed E-state index contributed by atoms with van der Waals surface area (Å²) in [6.45, 7) is 2.11. The molecule has 3 rings (SSSR count). The Morgan fingerprint density at radius 3 is 2.75 bits per heavy atom. The van der Waals surface area contributed by atoms with Crippen molar-refractivity contribution >= 4 is 17.3 Å². The molecule has 0 bridgehead atoms. The van der Waals surface area contributed by atoms with Gasteiger partial charge in [-0.2, -0.15) is 0 Å². The number of rotatable bonds is 3. The zero-order valence-corrected chi connectivity index (χ0v) is 11.3. The molecule has 1 aromatic carbocycles. The molecule has 1 aliphatic heterocycles. The number of amides is 1. The first-order chi connectivity index (χ1) is 9.84. The summed E-state index contributed by atoms with van der Waals surface area (Å²) in [6, 6.07) is 7.96. The number of carbonyl (C=O) groups excluding carboxylic acids is 1. The normalized spacial score (nSPS) is 15.1. The van der Waals surface area contributed by atoms with Crippen molar-refractivity contribution in [3.05, 3.63) is 42.5 Å². The van der Waals surface area contributed by atoms with Gasteiger partial charge in [-0.25, -0.2) is 4.98 Å². The van der Waals surface area contributed by atoms with E-state index in [1.165, 1.54) is 31.8 Å². The van der Waals surface area contributed by atoms with Gasteiger partial charge in [-0.1, -0.05) is 12.1 Å². The van der Waals surface area contributed by atoms with Crippen LogP contribution in [-0.2, 0) is 0 Å². The van der Waals surface area contributed by atoms with Gasteiger partial charge in [-0.05, 0) is 31.4 Å². The number of nitrogens with one attached hydrogen (secondary N) is 2. The van der Waals surface area contributed by atoms with Crippen LogP contribution in [0.3, 0.4) is 0 Å². The van der Waals surface area contributed by atoms with Gasteiger partial charge in [0.2, 0.25) is 0 Å². The van der Waals surface area contributed by atoms with Crippen molar-refractivity contribution in [1.29, 1.82) is 0 Å². The third-order valence-electron chi connectivity index (χ3n) is 3.59. The zero-order chi connectivity index (χ0) is 13.8. The number of hydrogen-bond donors (Lipinski definition) is 2. The Labute approximate surface area is 118 Å². The van der Waals surface area contributed by atoms with E-state index in [1.54, 1.807) is 0 Å². The van der Waals surface area contributed by atoms with E-state index in [-0.39, 0.29) is 5.91 Å². The Morgan fingerprint density at radius 1 is 1.20 bits per heavy atom. The van der Waals surface area contributed by atoms with Gasteiger partial charge in [0.15, 0.2) is 0 Å². The van der Waals surface area contributed by atoms with Crippen LogP contribution in [0.5, 0.6) is 0 Å². The van der Waals surface area contributed by atoms with Crippen LogP contribution < -0.4 is 10.2 Å². The molecule has 20 heavy (non-hydrogen) atoms. The Hall–Kier alpha value is -2.30. The molecule has 1 aromatic heterocycles. The van der Waals surface area contributed by atoms with E-state index in [0.29, 0.717) is 5.69 Å². The summed E-state index contributed by atoms with van der Waals surface area (Å²) in [5.74, 6) is -0.160. The monoisotopic (exact) mass is 270 g/mol. The Balaban J connectivity index is 1.80. The summed E-state index contributed by atoms with van der Waals surface area (Å²) in [5.41, 5.74) is 2.42. The van der Waals surface area contributed by atoms with Gasteiger partial charge in [0, 0.05) is 13.1 Å². The number of piperidine rings is 1. The molecule has 0 saturated carbocycles. The highest BCUT2D eigenvalue weighted by molar-refractivity contribution is 6.04. The number of hydrogen-bond acceptors (Lipinski definition) is 3. The van der Waals surface area contributed by atoms with Crippen LogP contribution in [0, 0.1) is 0 Å². The fourth-order valence-corrected chi connectivity index (χ4v) is 2.56. The number of benzene rings is 1. The molecular weight excluding hydrogens is 252 g/mol. The fraction of sp³-hybridized carbons (Fsp3) is 0.333. The predicted octanol–water partition coefficient (Wildman–Crippen LogP) is 2.65. The molecule has 0 atom stereocenters. The van der Waals surface area contributed by atoms with Gasteiger partial charge in [0.25, 0.3) is 5.91 Å². The molecule has 5 heteroatoms. The molecule has 1 fully saturated rings. The maximum absolute atomic E-state index is 12.1. The second-order valence-corrected chi connectivity index (χ2v) is 4.98. The van der Waals surface area contributed by atoms with E-state index in [2.05, 4.69) is 26.3 Å². The lowest BCUT2D eigenvalue weighted by molar-refractivity contribution is 0.102. The molecule has 5 nitrogen and oxygen atoms in total. The first-order valence-corrected chi connectivity index (χ1v) is 6.98. The molecule has 1 saturated heterocycles. The average molecular weight is 270 g/mol. The highest BCUT2D eigenvalue weighted by Gasteiger charge is 2.16. The number of imidazole rings is 1. The van der Waals surface area contributed by atoms with Crippen LogP contribution >= 0.6 is 0 Å². The summed E-state index contributed by atoms with van der Waals surface area (Å²) in [5, 5.41) is 2.96. The van der Waals surface area contributed by atoms with Crippen LogP contribution in [0.15, 0.2) is 36.8 Å². The van der Waals surface area contributed by atoms with E-state index in [4.69, 9.17) is 0 Å². The van der Waals surface area contributed by atoms with Crippen molar-refractivity contribution in [3.63, 3.8) is 0 Å². The standard InChI is InChI=1S/C15H18N4O/c20-15(13-10-16-11-17-13)18-12-6-2-3-7-14(12)19-8-4-1-5-9-19/h2-3,6-7,10-11H,1,4-5,8-9H2,(H,16,17)(H,18,20). The second kappa shape index (κ2) is 5.77. The Bertz CT molecular complexity index is 573. The van der Waals surface area contributed by atoms with E-state index < -0.39 is 0 Å². The molecular formula is C15H18N4O. The summed E-state index contributed by atoms with van der Waals surface area (Å²) >= 11 is 0. The van der Waals surface area contributed by atoms with E-state index in [0.717, 1.165) is 24.5 Å². The van der Waals surface area contributed by atoms with Gasteiger partial charge < -0.3 is 15.2 Å². The third kappa shape index (κ3) is 2.66. The summed E-state index contributed by atoms with van der Waals surface area (Å²) in [6.07, 6.45) is 6.75. The molecule has 0 unspecified atom stereocenters. The molecule has 0 radical (unpaired) electrons. The van der Waals surface area contributed by atoms with Crippen LogP contribution in [0.1, 0.15) is 29.8 Å².